The van der Waals surface area contributed by atoms with Crippen molar-refractivity contribution in [2.24, 2.45) is 0 Å². The molecule has 0 aromatic heterocycles. The van der Waals surface area contributed by atoms with Crippen LogP contribution in [-0.2, 0) is 4.79 Å². The normalized spacial score (nSPS) is 11.5. The summed E-state index contributed by atoms with van der Waals surface area (Å²) < 4.78 is 0. The fourth-order valence-electron chi connectivity index (χ4n) is 1.25. The first-order valence-electron chi connectivity index (χ1n) is 4.02. The number of carbonyl (C=O) groups is 1. The Morgan fingerprint density at radius 1 is 1.27 bits per heavy atom. The molecule has 0 fully saturated rings. The molecule has 0 aromatic rings. The summed E-state index contributed by atoms with van der Waals surface area (Å²) in [4.78, 5) is 11.5. The molecule has 0 saturated carbocycles. The number of hydrogen-bond acceptors (Lipinski definition) is 1. The van der Waals surface area contributed by atoms with Crippen molar-refractivity contribution >= 4 is 5.97 Å². The molecule has 0 heterocycles. The molecule has 0 aromatic carbocycles. The largest absolute Gasteiger partial charge is 0.477 e. The molecule has 11 heavy (non-hydrogen) atoms. The standard InChI is InChI=1S/C8H17NO2/c1-6(2)9(7(3)4)5-8(10)11/h6-7H,5H2,1-4H3,(H,10,11)/p+1. The lowest BCUT2D eigenvalue weighted by Gasteiger charge is -2.25. The molecule has 0 aliphatic rings. The van der Waals surface area contributed by atoms with Gasteiger partial charge in [0.2, 0.25) is 0 Å². The van der Waals surface area contributed by atoms with Gasteiger partial charge in [-0.2, -0.15) is 0 Å². The van der Waals surface area contributed by atoms with E-state index in [2.05, 4.69) is 0 Å². The molecule has 0 aliphatic carbocycles. The second kappa shape index (κ2) is 4.34. The molecule has 0 unspecified atom stereocenters. The van der Waals surface area contributed by atoms with Gasteiger partial charge < -0.3 is 10.0 Å². The van der Waals surface area contributed by atoms with Crippen molar-refractivity contribution in [1.82, 2.24) is 0 Å². The molecule has 0 atom stereocenters. The maximum absolute atomic E-state index is 10.4. The molecular formula is C8H18NO2+. The van der Waals surface area contributed by atoms with Crippen molar-refractivity contribution in [2.75, 3.05) is 6.54 Å². The van der Waals surface area contributed by atoms with Crippen LogP contribution in [0.1, 0.15) is 27.7 Å². The fourth-order valence-corrected chi connectivity index (χ4v) is 1.25. The summed E-state index contributed by atoms with van der Waals surface area (Å²) in [5.74, 6) is -0.720. The minimum absolute atomic E-state index is 0.218. The lowest BCUT2D eigenvalue weighted by Crippen LogP contribution is -3.18. The van der Waals surface area contributed by atoms with E-state index in [0.29, 0.717) is 12.1 Å². The second-order valence-corrected chi connectivity index (χ2v) is 3.45. The monoisotopic (exact) mass is 160 g/mol. The highest BCUT2D eigenvalue weighted by Gasteiger charge is 2.19. The van der Waals surface area contributed by atoms with Crippen LogP contribution in [0.15, 0.2) is 0 Å². The fraction of sp³-hybridized carbons (Fsp3) is 0.875. The Labute approximate surface area is 68.0 Å². The molecule has 0 amide bonds. The maximum atomic E-state index is 10.4. The van der Waals surface area contributed by atoms with Gasteiger partial charge in [0.25, 0.3) is 0 Å². The average Bonchev–Trinajstić information content (AvgIpc) is 1.81. The van der Waals surface area contributed by atoms with E-state index in [0.717, 1.165) is 4.90 Å². The van der Waals surface area contributed by atoms with Crippen LogP contribution in [0.4, 0.5) is 0 Å². The Morgan fingerprint density at radius 3 is 1.73 bits per heavy atom. The van der Waals surface area contributed by atoms with Crippen LogP contribution in [-0.4, -0.2) is 29.7 Å². The predicted molar refractivity (Wildman–Crippen MR) is 43.7 cm³/mol. The third kappa shape index (κ3) is 3.98. The predicted octanol–water partition coefficient (Wildman–Crippen LogP) is -0.227. The number of nitrogens with one attached hydrogen (secondary N) is 1. The van der Waals surface area contributed by atoms with Crippen LogP contribution >= 0.6 is 0 Å². The van der Waals surface area contributed by atoms with E-state index in [1.54, 1.807) is 0 Å². The van der Waals surface area contributed by atoms with Crippen molar-refractivity contribution in [2.45, 2.75) is 39.8 Å². The van der Waals surface area contributed by atoms with Gasteiger partial charge in [-0.3, -0.25) is 0 Å². The van der Waals surface area contributed by atoms with E-state index in [1.807, 2.05) is 27.7 Å². The zero-order valence-corrected chi connectivity index (χ0v) is 7.72. The van der Waals surface area contributed by atoms with Gasteiger partial charge in [-0.25, -0.2) is 4.79 Å². The molecule has 3 heteroatoms. The van der Waals surface area contributed by atoms with Gasteiger partial charge in [0, 0.05) is 0 Å². The summed E-state index contributed by atoms with van der Waals surface area (Å²) in [5, 5.41) is 8.56. The highest BCUT2D eigenvalue weighted by Crippen LogP contribution is 1.75. The summed E-state index contributed by atoms with van der Waals surface area (Å²) in [6.45, 7) is 8.38. The molecule has 0 bridgehead atoms. The van der Waals surface area contributed by atoms with Crippen LogP contribution < -0.4 is 4.90 Å². The molecule has 2 N–H and O–H groups in total. The van der Waals surface area contributed by atoms with E-state index in [4.69, 9.17) is 5.11 Å². The van der Waals surface area contributed by atoms with Gasteiger partial charge >= 0.3 is 5.97 Å². The van der Waals surface area contributed by atoms with Crippen LogP contribution in [0.25, 0.3) is 0 Å². The van der Waals surface area contributed by atoms with Crippen LogP contribution in [0.3, 0.4) is 0 Å². The molecule has 66 valence electrons. The number of rotatable bonds is 4. The van der Waals surface area contributed by atoms with Crippen molar-refractivity contribution in [3.8, 4) is 0 Å². The Balaban J connectivity index is 4.00. The van der Waals surface area contributed by atoms with Crippen molar-refractivity contribution in [3.63, 3.8) is 0 Å². The van der Waals surface area contributed by atoms with Gasteiger partial charge in [-0.05, 0) is 27.7 Å². The molecule has 0 aliphatic heterocycles. The number of aliphatic carboxylic acids is 1. The number of quaternary nitrogens is 1. The first kappa shape index (κ1) is 10.4. The summed E-state index contributed by atoms with van der Waals surface area (Å²) in [6.07, 6.45) is 0. The van der Waals surface area contributed by atoms with Gasteiger partial charge in [-0.1, -0.05) is 0 Å². The molecular weight excluding hydrogens is 142 g/mol. The van der Waals surface area contributed by atoms with E-state index < -0.39 is 5.97 Å². The zero-order chi connectivity index (χ0) is 9.02. The zero-order valence-electron chi connectivity index (χ0n) is 7.72. The van der Waals surface area contributed by atoms with Gasteiger partial charge in [-0.15, -0.1) is 0 Å². The van der Waals surface area contributed by atoms with Crippen LogP contribution in [0, 0.1) is 0 Å². The number of carboxylic acids is 1. The molecule has 0 spiro atoms. The summed E-state index contributed by atoms with van der Waals surface area (Å²) in [5.41, 5.74) is 0. The smallest absolute Gasteiger partial charge is 0.359 e. The van der Waals surface area contributed by atoms with Crippen molar-refractivity contribution in [1.29, 1.82) is 0 Å². The summed E-state index contributed by atoms with van der Waals surface area (Å²) in [7, 11) is 0. The quantitative estimate of drug-likeness (QED) is 0.596. The minimum Gasteiger partial charge on any atom is -0.477 e. The van der Waals surface area contributed by atoms with Gasteiger partial charge in [0.1, 0.15) is 0 Å². The summed E-state index contributed by atoms with van der Waals surface area (Å²) >= 11 is 0. The first-order chi connectivity index (χ1) is 4.95. The van der Waals surface area contributed by atoms with Crippen molar-refractivity contribution in [3.05, 3.63) is 0 Å². The van der Waals surface area contributed by atoms with Gasteiger partial charge in [0.15, 0.2) is 6.54 Å². The van der Waals surface area contributed by atoms with E-state index >= 15 is 0 Å². The summed E-state index contributed by atoms with van der Waals surface area (Å²) in [6, 6.07) is 0.761. The SMILES string of the molecule is CC(C)[NH+](CC(=O)O)C(C)C. The highest BCUT2D eigenvalue weighted by molar-refractivity contribution is 5.67. The molecule has 0 rings (SSSR count). The molecule has 0 saturated heterocycles. The van der Waals surface area contributed by atoms with E-state index in [9.17, 15) is 4.79 Å². The minimum atomic E-state index is -0.720. The average molecular weight is 160 g/mol. The van der Waals surface area contributed by atoms with E-state index in [1.165, 1.54) is 0 Å². The first-order valence-corrected chi connectivity index (χ1v) is 4.02. The van der Waals surface area contributed by atoms with Crippen molar-refractivity contribution < 1.29 is 14.8 Å². The molecule has 0 radical (unpaired) electrons. The second-order valence-electron chi connectivity index (χ2n) is 3.45. The Bertz CT molecular complexity index is 124. The highest BCUT2D eigenvalue weighted by atomic mass is 16.4. The Kier molecular flexibility index (Phi) is 4.11. The Hall–Kier alpha value is -0.570. The third-order valence-corrected chi connectivity index (χ3v) is 1.84. The third-order valence-electron chi connectivity index (χ3n) is 1.84. The Morgan fingerprint density at radius 2 is 1.64 bits per heavy atom. The number of carboxylic acid groups (broad SMARTS) is 1. The van der Waals surface area contributed by atoms with E-state index in [-0.39, 0.29) is 6.54 Å². The van der Waals surface area contributed by atoms with Crippen LogP contribution in [0.5, 0.6) is 0 Å². The number of hydrogen-bond donors (Lipinski definition) is 2. The topological polar surface area (TPSA) is 41.7 Å². The van der Waals surface area contributed by atoms with Crippen LogP contribution in [0.2, 0.25) is 0 Å². The lowest BCUT2D eigenvalue weighted by atomic mass is 10.2. The van der Waals surface area contributed by atoms with Gasteiger partial charge in [0.05, 0.1) is 12.1 Å². The maximum Gasteiger partial charge on any atom is 0.359 e. The lowest BCUT2D eigenvalue weighted by molar-refractivity contribution is -0.935. The molecule has 3 nitrogen and oxygen atoms in total.